The molecule has 1 heterocycles. The van der Waals surface area contributed by atoms with E-state index in [1.807, 2.05) is 12.1 Å². The van der Waals surface area contributed by atoms with Crippen LogP contribution in [0.2, 0.25) is 0 Å². The van der Waals surface area contributed by atoms with E-state index >= 15 is 0 Å². The van der Waals surface area contributed by atoms with Crippen LogP contribution in [0, 0.1) is 0 Å². The van der Waals surface area contributed by atoms with Crippen LogP contribution < -0.4 is 10.2 Å². The molecule has 1 aliphatic carbocycles. The van der Waals surface area contributed by atoms with Crippen LogP contribution in [0.4, 0.5) is 11.4 Å². The molecular formula is C35H36N2O6. The number of para-hydroxylation sites is 2. The molecule has 8 nitrogen and oxygen atoms in total. The zero-order valence-electron chi connectivity index (χ0n) is 24.8. The average Bonchev–Trinajstić information content (AvgIpc) is 3.14. The molecule has 5 rings (SSSR count). The molecule has 1 aliphatic heterocycles. The molecule has 0 bridgehead atoms. The Hall–Kier alpha value is -4.72. The molecule has 3 aromatic rings. The Morgan fingerprint density at radius 1 is 0.907 bits per heavy atom. The van der Waals surface area contributed by atoms with Gasteiger partial charge in [-0.1, -0.05) is 69.3 Å². The fraction of sp³-hybridized carbons (Fsp3) is 0.314. The standard InChI is InChI=1S/C35H36N2O6/c1-35(2,3)25-15-13-21(14-16-25)24-19-27-32(29(38)20-24)33(22-9-11-23(12-10-22)34(42)43-4)37(30(39)17-18-31(40)41)28-8-6-5-7-26(28)36-27/h5-16,24,33,36H,17-20H2,1-4H3,(H,40,41). The molecule has 2 aliphatic rings. The monoisotopic (exact) mass is 580 g/mol. The van der Waals surface area contributed by atoms with Crippen molar-refractivity contribution in [3.05, 3.63) is 106 Å². The van der Waals surface area contributed by atoms with Gasteiger partial charge in [-0.25, -0.2) is 4.79 Å². The number of carbonyl (C=O) groups is 4. The summed E-state index contributed by atoms with van der Waals surface area (Å²) in [5, 5.41) is 12.8. The first-order valence-electron chi connectivity index (χ1n) is 14.4. The van der Waals surface area contributed by atoms with E-state index in [4.69, 9.17) is 4.74 Å². The minimum Gasteiger partial charge on any atom is -0.481 e. The lowest BCUT2D eigenvalue weighted by atomic mass is 9.77. The molecule has 0 saturated heterocycles. The number of fused-ring (bicyclic) bond motifs is 1. The Labute approximate surface area is 251 Å². The molecule has 2 atom stereocenters. The topological polar surface area (TPSA) is 113 Å². The molecule has 0 spiro atoms. The van der Waals surface area contributed by atoms with Crippen molar-refractivity contribution in [1.82, 2.24) is 0 Å². The molecule has 0 saturated carbocycles. The summed E-state index contributed by atoms with van der Waals surface area (Å²) in [6.45, 7) is 6.49. The maximum atomic E-state index is 14.2. The summed E-state index contributed by atoms with van der Waals surface area (Å²) in [7, 11) is 1.30. The molecule has 8 heteroatoms. The Bertz CT molecular complexity index is 1600. The summed E-state index contributed by atoms with van der Waals surface area (Å²) < 4.78 is 4.85. The number of Topliss-reactive ketones (excluding diaryl/α,β-unsaturated/α-hetero) is 1. The van der Waals surface area contributed by atoms with Crippen molar-refractivity contribution < 1.29 is 29.0 Å². The molecule has 1 amide bonds. The molecule has 2 unspecified atom stereocenters. The number of ether oxygens (including phenoxy) is 1. The van der Waals surface area contributed by atoms with Crippen molar-refractivity contribution >= 4 is 35.0 Å². The Morgan fingerprint density at radius 2 is 1.56 bits per heavy atom. The van der Waals surface area contributed by atoms with Crippen LogP contribution >= 0.6 is 0 Å². The number of nitrogens with zero attached hydrogens (tertiary/aromatic N) is 1. The predicted octanol–water partition coefficient (Wildman–Crippen LogP) is 6.54. The lowest BCUT2D eigenvalue weighted by molar-refractivity contribution is -0.138. The largest absolute Gasteiger partial charge is 0.481 e. The van der Waals surface area contributed by atoms with E-state index in [1.54, 1.807) is 36.4 Å². The zero-order valence-corrected chi connectivity index (χ0v) is 24.8. The van der Waals surface area contributed by atoms with Crippen molar-refractivity contribution in [3.63, 3.8) is 0 Å². The second kappa shape index (κ2) is 11.9. The van der Waals surface area contributed by atoms with Gasteiger partial charge in [0.05, 0.1) is 36.5 Å². The number of carbonyl (C=O) groups excluding carboxylic acids is 3. The maximum absolute atomic E-state index is 14.2. The minimum absolute atomic E-state index is 0.0104. The van der Waals surface area contributed by atoms with Gasteiger partial charge in [0.1, 0.15) is 0 Å². The molecular weight excluding hydrogens is 544 g/mol. The van der Waals surface area contributed by atoms with Crippen LogP contribution in [0.5, 0.6) is 0 Å². The van der Waals surface area contributed by atoms with Gasteiger partial charge in [0, 0.05) is 24.1 Å². The Kier molecular flexibility index (Phi) is 8.22. The van der Waals surface area contributed by atoms with Gasteiger partial charge in [0.2, 0.25) is 5.91 Å². The number of allylic oxidation sites excluding steroid dienone is 1. The highest BCUT2D eigenvalue weighted by atomic mass is 16.5. The minimum atomic E-state index is -1.08. The first kappa shape index (κ1) is 29.8. The number of rotatable bonds is 6. The summed E-state index contributed by atoms with van der Waals surface area (Å²) in [5.41, 5.74) is 5.66. The second-order valence-electron chi connectivity index (χ2n) is 12.1. The molecule has 2 N–H and O–H groups in total. The summed E-state index contributed by atoms with van der Waals surface area (Å²) >= 11 is 0. The van der Waals surface area contributed by atoms with Crippen LogP contribution in [0.3, 0.4) is 0 Å². The fourth-order valence-electron chi connectivity index (χ4n) is 5.93. The number of anilines is 2. The van der Waals surface area contributed by atoms with E-state index in [9.17, 15) is 24.3 Å². The highest BCUT2D eigenvalue weighted by Gasteiger charge is 2.41. The lowest BCUT2D eigenvalue weighted by Gasteiger charge is -2.35. The Morgan fingerprint density at radius 3 is 2.19 bits per heavy atom. The summed E-state index contributed by atoms with van der Waals surface area (Å²) in [4.78, 5) is 53.1. The molecule has 0 fully saturated rings. The first-order valence-corrected chi connectivity index (χ1v) is 14.4. The van der Waals surface area contributed by atoms with Crippen molar-refractivity contribution in [3.8, 4) is 0 Å². The number of aliphatic carboxylic acids is 1. The highest BCUT2D eigenvalue weighted by Crippen LogP contribution is 2.47. The molecule has 222 valence electrons. The number of amides is 1. The molecule has 3 aromatic carbocycles. The van der Waals surface area contributed by atoms with E-state index in [0.717, 1.165) is 11.3 Å². The number of hydrogen-bond donors (Lipinski definition) is 2. The van der Waals surface area contributed by atoms with Gasteiger partial charge in [-0.05, 0) is 58.7 Å². The first-order chi connectivity index (χ1) is 20.5. The third-order valence-corrected chi connectivity index (χ3v) is 8.21. The van der Waals surface area contributed by atoms with Gasteiger partial charge in [-0.2, -0.15) is 0 Å². The van der Waals surface area contributed by atoms with E-state index < -0.39 is 23.9 Å². The van der Waals surface area contributed by atoms with Crippen molar-refractivity contribution in [2.75, 3.05) is 17.3 Å². The fourth-order valence-corrected chi connectivity index (χ4v) is 5.93. The number of methoxy groups -OCH3 is 1. The average molecular weight is 581 g/mol. The second-order valence-corrected chi connectivity index (χ2v) is 12.1. The van der Waals surface area contributed by atoms with Gasteiger partial charge in [-0.3, -0.25) is 19.3 Å². The van der Waals surface area contributed by atoms with Crippen molar-refractivity contribution in [2.45, 2.75) is 63.8 Å². The van der Waals surface area contributed by atoms with Crippen LogP contribution in [0.1, 0.15) is 85.5 Å². The van der Waals surface area contributed by atoms with Crippen LogP contribution in [0.15, 0.2) is 84.1 Å². The number of nitrogens with one attached hydrogen (secondary N) is 1. The normalized spacial score (nSPS) is 18.2. The van der Waals surface area contributed by atoms with Crippen LogP contribution in [0.25, 0.3) is 0 Å². The smallest absolute Gasteiger partial charge is 0.337 e. The lowest BCUT2D eigenvalue weighted by Crippen LogP contribution is -2.38. The number of carboxylic acids is 1. The highest BCUT2D eigenvalue weighted by molar-refractivity contribution is 6.06. The molecule has 0 aromatic heterocycles. The quantitative estimate of drug-likeness (QED) is 0.319. The molecule has 43 heavy (non-hydrogen) atoms. The SMILES string of the molecule is COC(=O)c1ccc(C2C3=C(CC(c4ccc(C(C)(C)C)cc4)CC3=O)Nc3ccccc3N2C(=O)CCC(=O)O)cc1. The summed E-state index contributed by atoms with van der Waals surface area (Å²) in [5.74, 6) is -2.15. The van der Waals surface area contributed by atoms with E-state index in [2.05, 4.69) is 50.4 Å². The van der Waals surface area contributed by atoms with Crippen molar-refractivity contribution in [1.29, 1.82) is 0 Å². The van der Waals surface area contributed by atoms with E-state index in [-0.39, 0.29) is 36.4 Å². The third-order valence-electron chi connectivity index (χ3n) is 8.21. The number of hydrogen-bond acceptors (Lipinski definition) is 6. The number of carboxylic acid groups (broad SMARTS) is 1. The van der Waals surface area contributed by atoms with Gasteiger partial charge in [0.15, 0.2) is 5.78 Å². The van der Waals surface area contributed by atoms with Crippen LogP contribution in [-0.4, -0.2) is 35.8 Å². The van der Waals surface area contributed by atoms with Gasteiger partial charge in [-0.15, -0.1) is 0 Å². The third kappa shape index (κ3) is 6.09. The van der Waals surface area contributed by atoms with E-state index in [0.29, 0.717) is 34.5 Å². The summed E-state index contributed by atoms with van der Waals surface area (Å²) in [6.07, 6.45) is 0.239. The van der Waals surface area contributed by atoms with Gasteiger partial charge >= 0.3 is 11.9 Å². The van der Waals surface area contributed by atoms with Gasteiger partial charge < -0.3 is 15.2 Å². The zero-order chi connectivity index (χ0) is 30.9. The number of esters is 1. The summed E-state index contributed by atoms with van der Waals surface area (Å²) in [6, 6.07) is 21.6. The predicted molar refractivity (Wildman–Crippen MR) is 164 cm³/mol. The molecule has 0 radical (unpaired) electrons. The number of ketones is 1. The number of benzene rings is 3. The van der Waals surface area contributed by atoms with Gasteiger partial charge in [0.25, 0.3) is 0 Å². The van der Waals surface area contributed by atoms with Crippen LogP contribution in [-0.2, 0) is 24.5 Å². The Balaban J connectivity index is 1.64. The maximum Gasteiger partial charge on any atom is 0.337 e. The van der Waals surface area contributed by atoms with Crippen molar-refractivity contribution in [2.24, 2.45) is 0 Å². The van der Waals surface area contributed by atoms with E-state index in [1.165, 1.54) is 17.6 Å².